The third kappa shape index (κ3) is 3.24. The van der Waals surface area contributed by atoms with E-state index in [4.69, 9.17) is 4.74 Å². The van der Waals surface area contributed by atoms with Crippen LogP contribution in [0.5, 0.6) is 0 Å². The van der Waals surface area contributed by atoms with Crippen molar-refractivity contribution in [3.63, 3.8) is 0 Å². The standard InChI is InChI=1S/C25H16N2O4/c28-23-18-5-1-2-6-19(18)24(29)22-20(23)7-3-8-21(22)25(30)31-15-16-9-11-17(12-10-16)27-14-4-13-26-27/h1-14H,15H2. The topological polar surface area (TPSA) is 78.3 Å². The summed E-state index contributed by atoms with van der Waals surface area (Å²) in [6.45, 7) is 0.0423. The van der Waals surface area contributed by atoms with Crippen molar-refractivity contribution in [3.8, 4) is 5.69 Å². The van der Waals surface area contributed by atoms with E-state index in [1.54, 1.807) is 47.3 Å². The molecule has 0 bridgehead atoms. The van der Waals surface area contributed by atoms with Crippen molar-refractivity contribution in [1.29, 1.82) is 0 Å². The molecule has 0 spiro atoms. The van der Waals surface area contributed by atoms with E-state index in [2.05, 4.69) is 5.10 Å². The molecule has 31 heavy (non-hydrogen) atoms. The Labute approximate surface area is 177 Å². The smallest absolute Gasteiger partial charge is 0.339 e. The van der Waals surface area contributed by atoms with E-state index in [1.807, 2.05) is 36.5 Å². The number of nitrogens with zero attached hydrogens (tertiary/aromatic N) is 2. The fraction of sp³-hybridized carbons (Fsp3) is 0.0400. The molecule has 1 aromatic heterocycles. The average molecular weight is 408 g/mol. The fourth-order valence-electron chi connectivity index (χ4n) is 3.71. The van der Waals surface area contributed by atoms with Gasteiger partial charge in [0.25, 0.3) is 0 Å². The van der Waals surface area contributed by atoms with Crippen LogP contribution >= 0.6 is 0 Å². The Morgan fingerprint density at radius 3 is 2.23 bits per heavy atom. The largest absolute Gasteiger partial charge is 0.457 e. The lowest BCUT2D eigenvalue weighted by atomic mass is 9.82. The maximum absolute atomic E-state index is 13.0. The first-order chi connectivity index (χ1) is 15.1. The normalized spacial score (nSPS) is 12.3. The molecule has 1 aliphatic rings. The van der Waals surface area contributed by atoms with Crippen molar-refractivity contribution in [2.24, 2.45) is 0 Å². The number of ether oxygens (including phenoxy) is 1. The zero-order valence-electron chi connectivity index (χ0n) is 16.3. The Morgan fingerprint density at radius 1 is 0.806 bits per heavy atom. The predicted molar refractivity (Wildman–Crippen MR) is 112 cm³/mol. The van der Waals surface area contributed by atoms with Gasteiger partial charge in [-0.2, -0.15) is 5.10 Å². The Kier molecular flexibility index (Phi) is 4.52. The van der Waals surface area contributed by atoms with Gasteiger partial charge in [0.1, 0.15) is 6.61 Å². The van der Waals surface area contributed by atoms with Crippen molar-refractivity contribution >= 4 is 17.5 Å². The second kappa shape index (κ2) is 7.50. The van der Waals surface area contributed by atoms with Gasteiger partial charge < -0.3 is 4.74 Å². The van der Waals surface area contributed by atoms with Gasteiger partial charge in [0, 0.05) is 34.6 Å². The highest BCUT2D eigenvalue weighted by Crippen LogP contribution is 2.30. The summed E-state index contributed by atoms with van der Waals surface area (Å²) in [5.41, 5.74) is 2.75. The zero-order valence-corrected chi connectivity index (χ0v) is 16.3. The number of hydrogen-bond donors (Lipinski definition) is 0. The van der Waals surface area contributed by atoms with Crippen LogP contribution in [0.15, 0.2) is 85.2 Å². The number of benzene rings is 3. The van der Waals surface area contributed by atoms with Crippen LogP contribution in [0.25, 0.3) is 5.69 Å². The molecule has 1 heterocycles. The summed E-state index contributed by atoms with van der Waals surface area (Å²) >= 11 is 0. The Morgan fingerprint density at radius 2 is 1.52 bits per heavy atom. The molecule has 0 saturated heterocycles. The van der Waals surface area contributed by atoms with Crippen LogP contribution in [0.3, 0.4) is 0 Å². The third-order valence-electron chi connectivity index (χ3n) is 5.25. The molecule has 0 atom stereocenters. The summed E-state index contributed by atoms with van der Waals surface area (Å²) in [5.74, 6) is -1.26. The van der Waals surface area contributed by atoms with Gasteiger partial charge in [0.05, 0.1) is 11.3 Å². The number of hydrogen-bond acceptors (Lipinski definition) is 5. The molecule has 150 valence electrons. The summed E-state index contributed by atoms with van der Waals surface area (Å²) in [7, 11) is 0. The number of ketones is 2. The van der Waals surface area contributed by atoms with Crippen molar-refractivity contribution in [2.45, 2.75) is 6.61 Å². The van der Waals surface area contributed by atoms with E-state index in [0.29, 0.717) is 11.1 Å². The molecule has 0 aliphatic heterocycles. The van der Waals surface area contributed by atoms with Crippen LogP contribution < -0.4 is 0 Å². The van der Waals surface area contributed by atoms with Crippen LogP contribution in [-0.2, 0) is 11.3 Å². The van der Waals surface area contributed by atoms with Gasteiger partial charge in [0.2, 0.25) is 0 Å². The van der Waals surface area contributed by atoms with Gasteiger partial charge in [-0.3, -0.25) is 9.59 Å². The summed E-state index contributed by atoms with van der Waals surface area (Å²) < 4.78 is 7.19. The maximum atomic E-state index is 13.0. The van der Waals surface area contributed by atoms with Crippen LogP contribution in [0.4, 0.5) is 0 Å². The van der Waals surface area contributed by atoms with Gasteiger partial charge >= 0.3 is 5.97 Å². The molecule has 5 rings (SSSR count). The number of carbonyl (C=O) groups is 3. The van der Waals surface area contributed by atoms with E-state index in [9.17, 15) is 14.4 Å². The van der Waals surface area contributed by atoms with Crippen molar-refractivity contribution in [3.05, 3.63) is 119 Å². The van der Waals surface area contributed by atoms with Gasteiger partial charge in [-0.25, -0.2) is 9.48 Å². The minimum atomic E-state index is -0.645. The molecular formula is C25H16N2O4. The lowest BCUT2D eigenvalue weighted by molar-refractivity contribution is 0.0470. The zero-order chi connectivity index (χ0) is 21.4. The van der Waals surface area contributed by atoms with E-state index < -0.39 is 5.97 Å². The van der Waals surface area contributed by atoms with E-state index in [-0.39, 0.29) is 34.9 Å². The number of rotatable bonds is 4. The lowest BCUT2D eigenvalue weighted by Gasteiger charge is -2.19. The molecule has 0 unspecified atom stereocenters. The van der Waals surface area contributed by atoms with Gasteiger partial charge in [0.15, 0.2) is 11.6 Å². The SMILES string of the molecule is O=C(OCc1ccc(-n2cccn2)cc1)c1cccc2c1C(=O)c1ccccc1C2=O. The average Bonchev–Trinajstić information content (AvgIpc) is 3.36. The van der Waals surface area contributed by atoms with Gasteiger partial charge in [-0.1, -0.05) is 48.5 Å². The van der Waals surface area contributed by atoms with Gasteiger partial charge in [-0.15, -0.1) is 0 Å². The van der Waals surface area contributed by atoms with E-state index in [0.717, 1.165) is 11.3 Å². The first kappa shape index (κ1) is 18.7. The molecule has 0 radical (unpaired) electrons. The number of carbonyl (C=O) groups excluding carboxylic acids is 3. The molecule has 6 nitrogen and oxygen atoms in total. The molecule has 1 aliphatic carbocycles. The van der Waals surface area contributed by atoms with Gasteiger partial charge in [-0.05, 0) is 29.8 Å². The van der Waals surface area contributed by atoms with Crippen molar-refractivity contribution in [2.75, 3.05) is 0 Å². The number of fused-ring (bicyclic) bond motifs is 2. The molecule has 0 fully saturated rings. The summed E-state index contributed by atoms with van der Waals surface area (Å²) in [4.78, 5) is 38.7. The first-order valence-corrected chi connectivity index (χ1v) is 9.71. The summed E-state index contributed by atoms with van der Waals surface area (Å²) in [5, 5.41) is 4.17. The monoisotopic (exact) mass is 408 g/mol. The quantitative estimate of drug-likeness (QED) is 0.420. The van der Waals surface area contributed by atoms with E-state index >= 15 is 0 Å². The molecule has 0 N–H and O–H groups in total. The minimum absolute atomic E-state index is 0.0423. The lowest BCUT2D eigenvalue weighted by Crippen LogP contribution is -2.24. The number of aromatic nitrogens is 2. The maximum Gasteiger partial charge on any atom is 0.339 e. The second-order valence-electron chi connectivity index (χ2n) is 7.13. The van der Waals surface area contributed by atoms with Crippen LogP contribution in [-0.4, -0.2) is 27.3 Å². The highest BCUT2D eigenvalue weighted by Gasteiger charge is 2.33. The number of esters is 1. The Balaban J connectivity index is 1.38. The third-order valence-corrected chi connectivity index (χ3v) is 5.25. The predicted octanol–water partition coefficient (Wildman–Crippen LogP) is 4.00. The van der Waals surface area contributed by atoms with Crippen molar-refractivity contribution < 1.29 is 19.1 Å². The highest BCUT2D eigenvalue weighted by molar-refractivity contribution is 6.30. The van der Waals surface area contributed by atoms with Crippen LogP contribution in [0, 0.1) is 0 Å². The Hall–Kier alpha value is -4.32. The fourth-order valence-corrected chi connectivity index (χ4v) is 3.71. The first-order valence-electron chi connectivity index (χ1n) is 9.71. The minimum Gasteiger partial charge on any atom is -0.457 e. The molecule has 0 saturated carbocycles. The summed E-state index contributed by atoms with van der Waals surface area (Å²) in [6.07, 6.45) is 3.53. The van der Waals surface area contributed by atoms with E-state index in [1.165, 1.54) is 6.07 Å². The molecular weight excluding hydrogens is 392 g/mol. The molecule has 0 amide bonds. The van der Waals surface area contributed by atoms with Crippen molar-refractivity contribution in [1.82, 2.24) is 9.78 Å². The second-order valence-corrected chi connectivity index (χ2v) is 7.13. The van der Waals surface area contributed by atoms with Crippen LogP contribution in [0.1, 0.15) is 47.8 Å². The van der Waals surface area contributed by atoms with Crippen LogP contribution in [0.2, 0.25) is 0 Å². The highest BCUT2D eigenvalue weighted by atomic mass is 16.5. The Bertz CT molecular complexity index is 1320. The molecule has 6 heteroatoms. The molecule has 3 aromatic carbocycles. The summed E-state index contributed by atoms with van der Waals surface area (Å²) in [6, 6.07) is 20.6. The molecule has 4 aromatic rings.